The number of hydrogen-bond donors (Lipinski definition) is 3. The van der Waals surface area contributed by atoms with Crippen molar-refractivity contribution in [1.82, 2.24) is 5.32 Å². The topological polar surface area (TPSA) is 69.6 Å². The molecule has 4 nitrogen and oxygen atoms in total. The number of carbonyl (C=O) groups is 1. The van der Waals surface area contributed by atoms with E-state index in [-0.39, 0.29) is 23.8 Å². The van der Waals surface area contributed by atoms with Crippen molar-refractivity contribution < 1.29 is 15.0 Å². The number of rotatable bonds is 4. The van der Waals surface area contributed by atoms with Gasteiger partial charge >= 0.3 is 0 Å². The molecule has 0 aromatic heterocycles. The van der Waals surface area contributed by atoms with Crippen LogP contribution in [0.2, 0.25) is 5.02 Å². The summed E-state index contributed by atoms with van der Waals surface area (Å²) in [5.41, 5.74) is 0.137. The van der Waals surface area contributed by atoms with Crippen LogP contribution in [0.3, 0.4) is 0 Å². The molecule has 0 heterocycles. The monoisotopic (exact) mass is 243 g/mol. The lowest BCUT2D eigenvalue weighted by atomic mass is 10.1. The molecular weight excluding hydrogens is 230 g/mol. The highest BCUT2D eigenvalue weighted by Gasteiger charge is 2.12. The summed E-state index contributed by atoms with van der Waals surface area (Å²) in [6.07, 6.45) is 0. The number of aliphatic hydroxyl groups excluding tert-OH is 1. The molecule has 0 bridgehead atoms. The molecule has 5 heteroatoms. The van der Waals surface area contributed by atoms with Crippen molar-refractivity contribution in [2.24, 2.45) is 5.92 Å². The lowest BCUT2D eigenvalue weighted by molar-refractivity contribution is 0.0939. The molecule has 1 unspecified atom stereocenters. The number of nitrogens with one attached hydrogen (secondary N) is 1. The van der Waals surface area contributed by atoms with Crippen molar-refractivity contribution in [2.45, 2.75) is 6.92 Å². The number of phenols is 1. The van der Waals surface area contributed by atoms with Gasteiger partial charge in [0.15, 0.2) is 0 Å². The van der Waals surface area contributed by atoms with Gasteiger partial charge in [0.25, 0.3) is 5.91 Å². The zero-order chi connectivity index (χ0) is 12.1. The fourth-order valence-corrected chi connectivity index (χ4v) is 1.29. The van der Waals surface area contributed by atoms with Gasteiger partial charge in [0.1, 0.15) is 5.75 Å². The van der Waals surface area contributed by atoms with Gasteiger partial charge in [-0.25, -0.2) is 0 Å². The van der Waals surface area contributed by atoms with E-state index in [1.54, 1.807) is 6.92 Å². The molecule has 3 N–H and O–H groups in total. The van der Waals surface area contributed by atoms with E-state index >= 15 is 0 Å². The Morgan fingerprint density at radius 2 is 2.25 bits per heavy atom. The molecular formula is C11H14ClNO3. The third-order valence-corrected chi connectivity index (χ3v) is 2.36. The molecule has 0 spiro atoms. The fourth-order valence-electron chi connectivity index (χ4n) is 1.12. The van der Waals surface area contributed by atoms with Gasteiger partial charge in [-0.05, 0) is 24.1 Å². The summed E-state index contributed by atoms with van der Waals surface area (Å²) < 4.78 is 0. The fraction of sp³-hybridized carbons (Fsp3) is 0.364. The predicted octanol–water partition coefficient (Wildman–Crippen LogP) is 1.40. The highest BCUT2D eigenvalue weighted by atomic mass is 35.5. The summed E-state index contributed by atoms with van der Waals surface area (Å²) >= 11 is 5.72. The normalized spacial score (nSPS) is 12.2. The minimum Gasteiger partial charge on any atom is -0.507 e. The van der Waals surface area contributed by atoms with Crippen LogP contribution in [0.15, 0.2) is 18.2 Å². The quantitative estimate of drug-likeness (QED) is 0.749. The van der Waals surface area contributed by atoms with Gasteiger partial charge in [0, 0.05) is 18.2 Å². The summed E-state index contributed by atoms with van der Waals surface area (Å²) in [5.74, 6) is -0.538. The number of aliphatic hydroxyl groups is 1. The number of halogens is 1. The third kappa shape index (κ3) is 3.40. The summed E-state index contributed by atoms with van der Waals surface area (Å²) in [6, 6.07) is 4.27. The average molecular weight is 244 g/mol. The van der Waals surface area contributed by atoms with Crippen molar-refractivity contribution in [3.05, 3.63) is 28.8 Å². The van der Waals surface area contributed by atoms with E-state index < -0.39 is 5.91 Å². The molecule has 1 aromatic carbocycles. The molecule has 0 radical (unpaired) electrons. The van der Waals surface area contributed by atoms with E-state index in [1.165, 1.54) is 18.2 Å². The lowest BCUT2D eigenvalue weighted by Gasteiger charge is -2.10. The maximum Gasteiger partial charge on any atom is 0.255 e. The molecule has 1 aromatic rings. The van der Waals surface area contributed by atoms with Crippen LogP contribution in [0.25, 0.3) is 0 Å². The highest BCUT2D eigenvalue weighted by molar-refractivity contribution is 6.31. The second-order valence-electron chi connectivity index (χ2n) is 3.66. The molecule has 0 aliphatic carbocycles. The first kappa shape index (κ1) is 12.8. The van der Waals surface area contributed by atoms with Crippen molar-refractivity contribution >= 4 is 17.5 Å². The summed E-state index contributed by atoms with van der Waals surface area (Å²) in [4.78, 5) is 11.6. The number of hydrogen-bond acceptors (Lipinski definition) is 3. The van der Waals surface area contributed by atoms with Crippen molar-refractivity contribution in [1.29, 1.82) is 0 Å². The number of carbonyl (C=O) groups excluding carboxylic acids is 1. The van der Waals surface area contributed by atoms with Crippen LogP contribution in [0.5, 0.6) is 5.75 Å². The van der Waals surface area contributed by atoms with Crippen molar-refractivity contribution in [3.8, 4) is 5.75 Å². The smallest absolute Gasteiger partial charge is 0.255 e. The van der Waals surface area contributed by atoms with Gasteiger partial charge in [-0.3, -0.25) is 4.79 Å². The molecule has 88 valence electrons. The molecule has 0 aliphatic rings. The molecule has 1 atom stereocenters. The van der Waals surface area contributed by atoms with Crippen LogP contribution in [0, 0.1) is 5.92 Å². The largest absolute Gasteiger partial charge is 0.507 e. The first-order valence-electron chi connectivity index (χ1n) is 4.92. The standard InChI is InChI=1S/C11H14ClNO3/c1-7(6-14)5-13-11(16)9-4-8(12)2-3-10(9)15/h2-4,7,14-15H,5-6H2,1H3,(H,13,16). The van der Waals surface area contributed by atoms with Crippen LogP contribution in [0.1, 0.15) is 17.3 Å². The Morgan fingerprint density at radius 1 is 1.56 bits per heavy atom. The Morgan fingerprint density at radius 3 is 2.88 bits per heavy atom. The maximum atomic E-state index is 11.6. The van der Waals surface area contributed by atoms with Crippen LogP contribution in [0.4, 0.5) is 0 Å². The van der Waals surface area contributed by atoms with Gasteiger partial charge in [-0.2, -0.15) is 0 Å². The van der Waals surface area contributed by atoms with E-state index in [0.29, 0.717) is 11.6 Å². The summed E-state index contributed by atoms with van der Waals surface area (Å²) in [7, 11) is 0. The zero-order valence-corrected chi connectivity index (χ0v) is 9.66. The first-order valence-corrected chi connectivity index (χ1v) is 5.30. The minimum absolute atomic E-state index is 0.00179. The number of benzene rings is 1. The Balaban J connectivity index is 2.69. The van der Waals surface area contributed by atoms with Crippen LogP contribution in [-0.2, 0) is 0 Å². The molecule has 0 fully saturated rings. The highest BCUT2D eigenvalue weighted by Crippen LogP contribution is 2.21. The van der Waals surface area contributed by atoms with E-state index in [4.69, 9.17) is 16.7 Å². The zero-order valence-electron chi connectivity index (χ0n) is 8.90. The Kier molecular flexibility index (Phi) is 4.58. The van der Waals surface area contributed by atoms with Crippen molar-refractivity contribution in [2.75, 3.05) is 13.2 Å². The third-order valence-electron chi connectivity index (χ3n) is 2.13. The Bertz CT molecular complexity index is 381. The van der Waals surface area contributed by atoms with Crippen molar-refractivity contribution in [3.63, 3.8) is 0 Å². The Labute approximate surface area is 98.9 Å². The second kappa shape index (κ2) is 5.72. The van der Waals surface area contributed by atoms with Gasteiger partial charge in [-0.15, -0.1) is 0 Å². The van der Waals surface area contributed by atoms with E-state index in [9.17, 15) is 9.90 Å². The molecule has 1 rings (SSSR count). The lowest BCUT2D eigenvalue weighted by Crippen LogP contribution is -2.29. The van der Waals surface area contributed by atoms with E-state index in [0.717, 1.165) is 0 Å². The number of amides is 1. The number of aromatic hydroxyl groups is 1. The Hall–Kier alpha value is -1.26. The molecule has 1 amide bonds. The van der Waals surface area contributed by atoms with Gasteiger partial charge in [-0.1, -0.05) is 18.5 Å². The molecule has 0 saturated heterocycles. The molecule has 0 aliphatic heterocycles. The van der Waals surface area contributed by atoms with Crippen LogP contribution < -0.4 is 5.32 Å². The van der Waals surface area contributed by atoms with E-state index in [1.807, 2.05) is 0 Å². The summed E-state index contributed by atoms with van der Waals surface area (Å²) in [6.45, 7) is 2.15. The van der Waals surface area contributed by atoms with Gasteiger partial charge in [0.05, 0.1) is 5.56 Å². The van der Waals surface area contributed by atoms with Gasteiger partial charge < -0.3 is 15.5 Å². The van der Waals surface area contributed by atoms with E-state index in [2.05, 4.69) is 5.32 Å². The molecule has 16 heavy (non-hydrogen) atoms. The average Bonchev–Trinajstić information content (AvgIpc) is 2.28. The second-order valence-corrected chi connectivity index (χ2v) is 4.10. The predicted molar refractivity (Wildman–Crippen MR) is 61.7 cm³/mol. The molecule has 0 saturated carbocycles. The van der Waals surface area contributed by atoms with Crippen LogP contribution in [-0.4, -0.2) is 29.3 Å². The maximum absolute atomic E-state index is 11.6. The SMILES string of the molecule is CC(CO)CNC(=O)c1cc(Cl)ccc1O. The minimum atomic E-state index is -0.402. The summed E-state index contributed by atoms with van der Waals surface area (Å²) in [5, 5.41) is 21.2. The van der Waals surface area contributed by atoms with Crippen LogP contribution >= 0.6 is 11.6 Å². The number of phenolic OH excluding ortho intramolecular Hbond substituents is 1. The first-order chi connectivity index (χ1) is 7.54. The van der Waals surface area contributed by atoms with Gasteiger partial charge in [0.2, 0.25) is 0 Å².